The van der Waals surface area contributed by atoms with Crippen LogP contribution in [0.15, 0.2) is 29.4 Å². The number of halogens is 3. The maximum Gasteiger partial charge on any atom is 0.438 e. The first-order valence-electron chi connectivity index (χ1n) is 5.68. The zero-order valence-electron chi connectivity index (χ0n) is 10.5. The van der Waals surface area contributed by atoms with Gasteiger partial charge in [-0.25, -0.2) is 0 Å². The Kier molecular flexibility index (Phi) is 3.47. The molecule has 108 valence electrons. The number of aliphatic hydroxyl groups is 1. The van der Waals surface area contributed by atoms with E-state index in [1.54, 1.807) is 24.3 Å². The van der Waals surface area contributed by atoms with E-state index in [0.29, 0.717) is 5.56 Å². The van der Waals surface area contributed by atoms with E-state index in [1.807, 2.05) is 6.92 Å². The van der Waals surface area contributed by atoms with E-state index in [2.05, 4.69) is 17.3 Å². The normalized spacial score (nSPS) is 22.9. The van der Waals surface area contributed by atoms with Crippen molar-refractivity contribution in [2.75, 3.05) is 0 Å². The summed E-state index contributed by atoms with van der Waals surface area (Å²) in [5, 5.41) is 13.2. The summed E-state index contributed by atoms with van der Waals surface area (Å²) in [6.45, 7) is 1.85. The predicted molar refractivity (Wildman–Crippen MR) is 72.0 cm³/mol. The number of benzene rings is 1. The van der Waals surface area contributed by atoms with Gasteiger partial charge in [0.25, 0.3) is 5.72 Å². The average Bonchev–Trinajstić information content (AvgIpc) is 2.69. The zero-order valence-corrected chi connectivity index (χ0v) is 11.3. The number of aryl methyl sites for hydroxylation is 1. The molecule has 1 atom stereocenters. The molecule has 1 aromatic carbocycles. The highest BCUT2D eigenvalue weighted by Gasteiger charge is 2.62. The van der Waals surface area contributed by atoms with Gasteiger partial charge in [0.2, 0.25) is 0 Å². The van der Waals surface area contributed by atoms with Crippen LogP contribution in [0, 0.1) is 6.92 Å². The summed E-state index contributed by atoms with van der Waals surface area (Å²) >= 11 is 4.53. The molecule has 8 heteroatoms. The molecule has 0 fully saturated rings. The first-order valence-corrected chi connectivity index (χ1v) is 6.09. The van der Waals surface area contributed by atoms with Crippen LogP contribution < -0.4 is 5.73 Å². The highest BCUT2D eigenvalue weighted by molar-refractivity contribution is 7.80. The van der Waals surface area contributed by atoms with Crippen LogP contribution in [0.1, 0.15) is 17.5 Å². The molecule has 0 radical (unpaired) electrons. The fourth-order valence-electron chi connectivity index (χ4n) is 1.90. The summed E-state index contributed by atoms with van der Waals surface area (Å²) in [4.78, 5) is 0. The van der Waals surface area contributed by atoms with Crippen molar-refractivity contribution in [1.29, 1.82) is 0 Å². The highest BCUT2D eigenvalue weighted by atomic mass is 32.1. The largest absolute Gasteiger partial charge is 0.438 e. The molecule has 0 amide bonds. The molecule has 0 aromatic heterocycles. The Morgan fingerprint density at radius 3 is 2.35 bits per heavy atom. The van der Waals surface area contributed by atoms with Crippen LogP contribution in [0.25, 0.3) is 0 Å². The third-order valence-corrected chi connectivity index (χ3v) is 3.21. The van der Waals surface area contributed by atoms with Crippen molar-refractivity contribution in [1.82, 2.24) is 5.01 Å². The molecule has 1 aliphatic rings. The van der Waals surface area contributed by atoms with Gasteiger partial charge in [-0.1, -0.05) is 29.8 Å². The number of thiocarbonyl (C=S) groups is 1. The highest BCUT2D eigenvalue weighted by Crippen LogP contribution is 2.41. The summed E-state index contributed by atoms with van der Waals surface area (Å²) in [6.07, 6.45) is -5.65. The smallest absolute Gasteiger partial charge is 0.375 e. The van der Waals surface area contributed by atoms with Gasteiger partial charge >= 0.3 is 6.18 Å². The molecular weight excluding hydrogens is 291 g/mol. The van der Waals surface area contributed by atoms with Gasteiger partial charge in [0.1, 0.15) is 0 Å². The van der Waals surface area contributed by atoms with Gasteiger partial charge in [0.15, 0.2) is 5.11 Å². The Morgan fingerprint density at radius 1 is 1.40 bits per heavy atom. The first-order chi connectivity index (χ1) is 9.15. The van der Waals surface area contributed by atoms with Crippen molar-refractivity contribution in [3.05, 3.63) is 35.4 Å². The van der Waals surface area contributed by atoms with Gasteiger partial charge in [0, 0.05) is 0 Å². The molecule has 1 unspecified atom stereocenters. The van der Waals surface area contributed by atoms with Crippen LogP contribution in [0.3, 0.4) is 0 Å². The SMILES string of the molecule is Cc1ccc(C2=NN(C(N)=S)C(O)(C(F)(F)F)C2)cc1. The van der Waals surface area contributed by atoms with Gasteiger partial charge in [-0.2, -0.15) is 23.3 Å². The number of hydrogen-bond acceptors (Lipinski definition) is 3. The summed E-state index contributed by atoms with van der Waals surface area (Å²) in [5.41, 5.74) is 3.56. The average molecular weight is 303 g/mol. The quantitative estimate of drug-likeness (QED) is 0.778. The first kappa shape index (κ1) is 14.7. The lowest BCUT2D eigenvalue weighted by atomic mass is 10.0. The summed E-state index contributed by atoms with van der Waals surface area (Å²) in [6, 6.07) is 6.75. The standard InChI is InChI=1S/C12H12F3N3OS/c1-7-2-4-8(5-3-7)9-6-11(19,12(13,14)15)18(17-9)10(16)20/h2-5,19H,6H2,1H3,(H2,16,20). The second kappa shape index (κ2) is 4.71. The van der Waals surface area contributed by atoms with Gasteiger partial charge in [-0.15, -0.1) is 0 Å². The Balaban J connectivity index is 2.42. The third-order valence-electron chi connectivity index (χ3n) is 3.03. The maximum absolute atomic E-state index is 13.0. The van der Waals surface area contributed by atoms with E-state index in [9.17, 15) is 18.3 Å². The lowest BCUT2D eigenvalue weighted by Gasteiger charge is -2.32. The van der Waals surface area contributed by atoms with Crippen molar-refractivity contribution >= 4 is 23.0 Å². The third kappa shape index (κ3) is 2.36. The van der Waals surface area contributed by atoms with E-state index in [4.69, 9.17) is 5.73 Å². The number of hydrazone groups is 1. The van der Waals surface area contributed by atoms with Crippen LogP contribution in [0.4, 0.5) is 13.2 Å². The minimum absolute atomic E-state index is 0.0811. The second-order valence-corrected chi connectivity index (χ2v) is 4.97. The molecule has 0 spiro atoms. The van der Waals surface area contributed by atoms with Crippen molar-refractivity contribution in [2.24, 2.45) is 10.8 Å². The number of rotatable bonds is 1. The Hall–Kier alpha value is -1.67. The van der Waals surface area contributed by atoms with Crippen LogP contribution in [0.2, 0.25) is 0 Å². The molecule has 20 heavy (non-hydrogen) atoms. The molecule has 0 saturated heterocycles. The number of hydrogen-bond donors (Lipinski definition) is 2. The van der Waals surface area contributed by atoms with Gasteiger partial charge < -0.3 is 10.8 Å². The Labute approximate surface area is 118 Å². The molecule has 1 heterocycles. The number of nitrogens with two attached hydrogens (primary N) is 1. The van der Waals surface area contributed by atoms with Crippen LogP contribution >= 0.6 is 12.2 Å². The van der Waals surface area contributed by atoms with Gasteiger partial charge in [0.05, 0.1) is 12.1 Å². The lowest BCUT2D eigenvalue weighted by molar-refractivity contribution is -0.294. The maximum atomic E-state index is 13.0. The van der Waals surface area contributed by atoms with Gasteiger partial charge in [-0.3, -0.25) is 0 Å². The summed E-state index contributed by atoms with van der Waals surface area (Å²) in [5.74, 6) is 0. The van der Waals surface area contributed by atoms with E-state index < -0.39 is 23.4 Å². The number of nitrogens with zero attached hydrogens (tertiary/aromatic N) is 2. The topological polar surface area (TPSA) is 61.8 Å². The minimum Gasteiger partial charge on any atom is -0.375 e. The monoisotopic (exact) mass is 303 g/mol. The van der Waals surface area contributed by atoms with Crippen LogP contribution in [-0.2, 0) is 0 Å². The molecule has 3 N–H and O–H groups in total. The van der Waals surface area contributed by atoms with E-state index in [1.165, 1.54) is 0 Å². The van der Waals surface area contributed by atoms with E-state index >= 15 is 0 Å². The van der Waals surface area contributed by atoms with E-state index in [-0.39, 0.29) is 10.7 Å². The Morgan fingerprint density at radius 2 is 1.95 bits per heavy atom. The Bertz CT molecular complexity index is 570. The molecule has 4 nitrogen and oxygen atoms in total. The molecule has 1 aromatic rings. The molecule has 0 bridgehead atoms. The van der Waals surface area contributed by atoms with Crippen LogP contribution in [0.5, 0.6) is 0 Å². The second-order valence-electron chi connectivity index (χ2n) is 4.55. The predicted octanol–water partition coefficient (Wildman–Crippen LogP) is 1.90. The fraction of sp³-hybridized carbons (Fsp3) is 0.333. The lowest BCUT2D eigenvalue weighted by Crippen LogP contribution is -2.57. The van der Waals surface area contributed by atoms with Gasteiger partial charge in [-0.05, 0) is 24.7 Å². The number of alkyl halides is 3. The summed E-state index contributed by atoms with van der Waals surface area (Å²) < 4.78 is 39.1. The molecule has 0 aliphatic carbocycles. The van der Waals surface area contributed by atoms with Crippen molar-refractivity contribution in [3.8, 4) is 0 Å². The molecular formula is C12H12F3N3OS. The fourth-order valence-corrected chi connectivity index (χ4v) is 2.10. The molecule has 2 rings (SSSR count). The molecule has 0 saturated carbocycles. The van der Waals surface area contributed by atoms with Crippen LogP contribution in [-0.4, -0.2) is 32.8 Å². The summed E-state index contributed by atoms with van der Waals surface area (Å²) in [7, 11) is 0. The van der Waals surface area contributed by atoms with Crippen molar-refractivity contribution < 1.29 is 18.3 Å². The van der Waals surface area contributed by atoms with Crippen molar-refractivity contribution in [2.45, 2.75) is 25.2 Å². The molecule has 1 aliphatic heterocycles. The van der Waals surface area contributed by atoms with Crippen molar-refractivity contribution in [3.63, 3.8) is 0 Å². The zero-order chi connectivity index (χ0) is 15.1. The minimum atomic E-state index is -4.92. The van der Waals surface area contributed by atoms with E-state index in [0.717, 1.165) is 5.56 Å².